The average Bonchev–Trinajstić information content (AvgIpc) is 2.44. The van der Waals surface area contributed by atoms with Gasteiger partial charge in [0.25, 0.3) is 5.56 Å². The topological polar surface area (TPSA) is 93.5 Å². The SMILES string of the molecule is CCCCn1c(N)c(N(CC)CCO)c(=O)n(C)c1=O. The summed E-state index contributed by atoms with van der Waals surface area (Å²) in [6, 6.07) is 0. The smallest absolute Gasteiger partial charge is 0.332 e. The van der Waals surface area contributed by atoms with Crippen LogP contribution in [0.5, 0.6) is 0 Å². The first kappa shape index (κ1) is 16.3. The molecular formula is C13H24N4O3. The van der Waals surface area contributed by atoms with Gasteiger partial charge in [0, 0.05) is 26.7 Å². The minimum absolute atomic E-state index is 0.0788. The molecule has 20 heavy (non-hydrogen) atoms. The standard InChI is InChI=1S/C13H24N4O3/c1-4-6-7-17-11(14)10(16(5-2)8-9-18)12(19)15(3)13(17)20/h18H,4-9,14H2,1-3H3. The lowest BCUT2D eigenvalue weighted by Crippen LogP contribution is -2.44. The first-order valence-corrected chi connectivity index (χ1v) is 6.94. The van der Waals surface area contributed by atoms with Crippen LogP contribution in [-0.2, 0) is 13.6 Å². The third-order valence-electron chi connectivity index (χ3n) is 3.36. The Hall–Kier alpha value is -1.76. The summed E-state index contributed by atoms with van der Waals surface area (Å²) in [6.07, 6.45) is 1.74. The quantitative estimate of drug-likeness (QED) is 0.720. The van der Waals surface area contributed by atoms with E-state index in [2.05, 4.69) is 0 Å². The highest BCUT2D eigenvalue weighted by Crippen LogP contribution is 2.16. The summed E-state index contributed by atoms with van der Waals surface area (Å²) in [6.45, 7) is 5.14. The molecule has 0 amide bonds. The van der Waals surface area contributed by atoms with Crippen LogP contribution in [0.1, 0.15) is 26.7 Å². The molecule has 0 spiro atoms. The highest BCUT2D eigenvalue weighted by Gasteiger charge is 2.19. The highest BCUT2D eigenvalue weighted by atomic mass is 16.3. The number of unbranched alkanes of at least 4 members (excludes halogenated alkanes) is 1. The Balaban J connectivity index is 3.47. The first-order valence-electron chi connectivity index (χ1n) is 6.94. The van der Waals surface area contributed by atoms with Crippen LogP contribution in [0.4, 0.5) is 11.5 Å². The lowest BCUT2D eigenvalue weighted by molar-refractivity contribution is 0.302. The number of hydrogen-bond acceptors (Lipinski definition) is 5. The van der Waals surface area contributed by atoms with E-state index in [9.17, 15) is 9.59 Å². The lowest BCUT2D eigenvalue weighted by atomic mass is 10.3. The Labute approximate surface area is 118 Å². The van der Waals surface area contributed by atoms with Gasteiger partial charge in [0.2, 0.25) is 0 Å². The fourth-order valence-electron chi connectivity index (χ4n) is 2.15. The fourth-order valence-corrected chi connectivity index (χ4v) is 2.15. The van der Waals surface area contributed by atoms with Crippen LogP contribution in [-0.4, -0.2) is 33.9 Å². The molecule has 0 aromatic carbocycles. The Morgan fingerprint density at radius 1 is 1.30 bits per heavy atom. The number of nitrogens with zero attached hydrogens (tertiary/aromatic N) is 3. The predicted molar refractivity (Wildman–Crippen MR) is 80.2 cm³/mol. The highest BCUT2D eigenvalue weighted by molar-refractivity contribution is 5.62. The number of hydrogen-bond donors (Lipinski definition) is 2. The molecule has 7 nitrogen and oxygen atoms in total. The van der Waals surface area contributed by atoms with Gasteiger partial charge in [-0.1, -0.05) is 13.3 Å². The van der Waals surface area contributed by atoms with E-state index in [1.54, 1.807) is 4.90 Å². The van der Waals surface area contributed by atoms with Gasteiger partial charge in [-0.15, -0.1) is 0 Å². The van der Waals surface area contributed by atoms with Gasteiger partial charge in [0.05, 0.1) is 6.61 Å². The first-order chi connectivity index (χ1) is 9.49. The fraction of sp³-hybridized carbons (Fsp3) is 0.692. The maximum absolute atomic E-state index is 12.3. The number of nitrogens with two attached hydrogens (primary N) is 1. The Kier molecular flexibility index (Phi) is 5.82. The van der Waals surface area contributed by atoms with Gasteiger partial charge < -0.3 is 15.7 Å². The Morgan fingerprint density at radius 3 is 2.45 bits per heavy atom. The third kappa shape index (κ3) is 3.04. The van der Waals surface area contributed by atoms with Crippen LogP contribution in [0.2, 0.25) is 0 Å². The molecule has 0 atom stereocenters. The van der Waals surface area contributed by atoms with Crippen molar-refractivity contribution >= 4 is 11.5 Å². The van der Waals surface area contributed by atoms with E-state index in [1.807, 2.05) is 13.8 Å². The van der Waals surface area contributed by atoms with Gasteiger partial charge in [0.1, 0.15) is 11.5 Å². The van der Waals surface area contributed by atoms with Crippen LogP contribution in [0.15, 0.2) is 9.59 Å². The molecule has 3 N–H and O–H groups in total. The minimum Gasteiger partial charge on any atom is -0.395 e. The van der Waals surface area contributed by atoms with Gasteiger partial charge in [0.15, 0.2) is 0 Å². The van der Waals surface area contributed by atoms with Gasteiger partial charge in [-0.05, 0) is 13.3 Å². The Morgan fingerprint density at radius 2 is 1.95 bits per heavy atom. The van der Waals surface area contributed by atoms with Crippen molar-refractivity contribution in [2.75, 3.05) is 30.3 Å². The number of aliphatic hydroxyl groups is 1. The van der Waals surface area contributed by atoms with E-state index in [4.69, 9.17) is 10.8 Å². The predicted octanol–water partition coefficient (Wildman–Crippen LogP) is -0.252. The second-order valence-corrected chi connectivity index (χ2v) is 4.69. The summed E-state index contributed by atoms with van der Waals surface area (Å²) < 4.78 is 2.50. The molecule has 7 heteroatoms. The lowest BCUT2D eigenvalue weighted by Gasteiger charge is -2.25. The monoisotopic (exact) mass is 284 g/mol. The van der Waals surface area contributed by atoms with Crippen molar-refractivity contribution in [2.45, 2.75) is 33.2 Å². The van der Waals surface area contributed by atoms with Crippen LogP contribution >= 0.6 is 0 Å². The minimum atomic E-state index is -0.421. The second-order valence-electron chi connectivity index (χ2n) is 4.69. The molecule has 1 heterocycles. The summed E-state index contributed by atoms with van der Waals surface area (Å²) in [4.78, 5) is 26.1. The van der Waals surface area contributed by atoms with Crippen molar-refractivity contribution in [3.8, 4) is 0 Å². The molecule has 1 aromatic rings. The number of aliphatic hydroxyl groups excluding tert-OH is 1. The maximum Gasteiger partial charge on any atom is 0.332 e. The molecule has 0 saturated heterocycles. The van der Waals surface area contributed by atoms with E-state index in [0.29, 0.717) is 25.3 Å². The van der Waals surface area contributed by atoms with Gasteiger partial charge in [-0.2, -0.15) is 0 Å². The molecule has 0 aliphatic carbocycles. The van der Waals surface area contributed by atoms with Crippen LogP contribution in [0.3, 0.4) is 0 Å². The third-order valence-corrected chi connectivity index (χ3v) is 3.36. The molecule has 0 aliphatic rings. The van der Waals surface area contributed by atoms with E-state index in [-0.39, 0.29) is 12.4 Å². The maximum atomic E-state index is 12.3. The normalized spacial score (nSPS) is 10.8. The number of anilines is 2. The molecule has 1 rings (SSSR count). The Bertz CT molecular complexity index is 562. The summed E-state index contributed by atoms with van der Waals surface area (Å²) in [5, 5.41) is 9.09. The molecule has 0 aliphatic heterocycles. The zero-order valence-electron chi connectivity index (χ0n) is 12.4. The van der Waals surface area contributed by atoms with Crippen LogP contribution in [0, 0.1) is 0 Å². The van der Waals surface area contributed by atoms with E-state index in [0.717, 1.165) is 17.4 Å². The molecule has 0 fully saturated rings. The van der Waals surface area contributed by atoms with Crippen molar-refractivity contribution < 1.29 is 5.11 Å². The van der Waals surface area contributed by atoms with Crippen molar-refractivity contribution in [1.29, 1.82) is 0 Å². The molecular weight excluding hydrogens is 260 g/mol. The number of rotatable bonds is 7. The largest absolute Gasteiger partial charge is 0.395 e. The zero-order chi connectivity index (χ0) is 15.3. The second kappa shape index (κ2) is 7.14. The zero-order valence-corrected chi connectivity index (χ0v) is 12.4. The van der Waals surface area contributed by atoms with Crippen LogP contribution in [0.25, 0.3) is 0 Å². The number of nitrogen functional groups attached to an aromatic ring is 1. The van der Waals surface area contributed by atoms with Crippen molar-refractivity contribution in [3.63, 3.8) is 0 Å². The average molecular weight is 284 g/mol. The van der Waals surface area contributed by atoms with Gasteiger partial charge in [-0.25, -0.2) is 4.79 Å². The van der Waals surface area contributed by atoms with Crippen molar-refractivity contribution in [1.82, 2.24) is 9.13 Å². The molecule has 114 valence electrons. The number of likely N-dealkylation sites (N-methyl/N-ethyl adjacent to an activating group) is 1. The van der Waals surface area contributed by atoms with E-state index in [1.165, 1.54) is 11.6 Å². The summed E-state index contributed by atoms with van der Waals surface area (Å²) in [5.41, 5.74) is 5.50. The van der Waals surface area contributed by atoms with Gasteiger partial charge in [-0.3, -0.25) is 13.9 Å². The number of aromatic nitrogens is 2. The van der Waals surface area contributed by atoms with Gasteiger partial charge >= 0.3 is 5.69 Å². The van der Waals surface area contributed by atoms with Crippen LogP contribution < -0.4 is 21.9 Å². The molecule has 0 bridgehead atoms. The summed E-state index contributed by atoms with van der Waals surface area (Å²) in [7, 11) is 1.45. The molecule has 0 radical (unpaired) electrons. The summed E-state index contributed by atoms with van der Waals surface area (Å²) >= 11 is 0. The molecule has 0 saturated carbocycles. The van der Waals surface area contributed by atoms with Crippen molar-refractivity contribution in [3.05, 3.63) is 20.8 Å². The molecule has 1 aromatic heterocycles. The van der Waals surface area contributed by atoms with E-state index >= 15 is 0 Å². The summed E-state index contributed by atoms with van der Waals surface area (Å²) in [5.74, 6) is 0.182. The van der Waals surface area contributed by atoms with Crippen molar-refractivity contribution in [2.24, 2.45) is 7.05 Å². The molecule has 0 unspecified atom stereocenters. The van der Waals surface area contributed by atoms with E-state index < -0.39 is 11.2 Å².